The highest BCUT2D eigenvalue weighted by molar-refractivity contribution is 5.81. The number of carbonyl (C=O) groups is 3. The van der Waals surface area contributed by atoms with E-state index in [2.05, 4.69) is 5.32 Å². The SMILES string of the molecule is COC(=O)[C@H](CC1CCCCC1)NC(=O)OC1CCN(C(=O)OC(C)(C)C)CC1. The number of esters is 1. The van der Waals surface area contributed by atoms with E-state index in [1.54, 1.807) is 4.90 Å². The molecule has 8 nitrogen and oxygen atoms in total. The fourth-order valence-corrected chi connectivity index (χ4v) is 3.92. The second kappa shape index (κ2) is 10.7. The molecule has 8 heteroatoms. The van der Waals surface area contributed by atoms with Crippen LogP contribution in [0.5, 0.6) is 0 Å². The molecule has 1 saturated carbocycles. The topological polar surface area (TPSA) is 94.2 Å². The van der Waals surface area contributed by atoms with Gasteiger partial charge in [0, 0.05) is 25.9 Å². The first-order valence-corrected chi connectivity index (χ1v) is 10.7. The Morgan fingerprint density at radius 2 is 1.66 bits per heavy atom. The van der Waals surface area contributed by atoms with Crippen LogP contribution in [0.15, 0.2) is 0 Å². The van der Waals surface area contributed by atoms with Gasteiger partial charge in [-0.1, -0.05) is 32.1 Å². The Morgan fingerprint density at radius 3 is 2.21 bits per heavy atom. The summed E-state index contributed by atoms with van der Waals surface area (Å²) in [4.78, 5) is 38.2. The number of nitrogens with zero attached hydrogens (tertiary/aromatic N) is 1. The zero-order valence-corrected chi connectivity index (χ0v) is 18.2. The van der Waals surface area contributed by atoms with Crippen LogP contribution in [-0.2, 0) is 19.0 Å². The molecule has 0 spiro atoms. The molecule has 1 heterocycles. The lowest BCUT2D eigenvalue weighted by Crippen LogP contribution is -2.47. The summed E-state index contributed by atoms with van der Waals surface area (Å²) in [6.07, 6.45) is 6.14. The van der Waals surface area contributed by atoms with Gasteiger partial charge in [-0.2, -0.15) is 0 Å². The van der Waals surface area contributed by atoms with Crippen molar-refractivity contribution in [1.29, 1.82) is 0 Å². The van der Waals surface area contributed by atoms with Crippen molar-refractivity contribution >= 4 is 18.2 Å². The van der Waals surface area contributed by atoms with Crippen molar-refractivity contribution in [3.8, 4) is 0 Å². The summed E-state index contributed by atoms with van der Waals surface area (Å²) < 4.78 is 15.7. The molecule has 2 aliphatic rings. The Bertz CT molecular complexity index is 560. The minimum atomic E-state index is -0.683. The minimum Gasteiger partial charge on any atom is -0.467 e. The van der Waals surface area contributed by atoms with E-state index < -0.39 is 23.7 Å². The number of alkyl carbamates (subject to hydrolysis) is 1. The first-order chi connectivity index (χ1) is 13.7. The molecule has 0 aromatic rings. The quantitative estimate of drug-likeness (QED) is 0.547. The van der Waals surface area contributed by atoms with Gasteiger partial charge in [-0.25, -0.2) is 14.4 Å². The van der Waals surface area contributed by atoms with E-state index in [9.17, 15) is 14.4 Å². The number of methoxy groups -OCH3 is 1. The number of likely N-dealkylation sites (tertiary alicyclic amines) is 1. The first-order valence-electron chi connectivity index (χ1n) is 10.7. The highest BCUT2D eigenvalue weighted by Gasteiger charge is 2.31. The molecule has 2 amide bonds. The second-order valence-corrected chi connectivity index (χ2v) is 9.03. The van der Waals surface area contributed by atoms with Crippen LogP contribution in [0.25, 0.3) is 0 Å². The maximum atomic E-state index is 12.3. The van der Waals surface area contributed by atoms with Crippen molar-refractivity contribution in [3.63, 3.8) is 0 Å². The number of carbonyl (C=O) groups excluding carboxylic acids is 3. The number of ether oxygens (including phenoxy) is 3. The van der Waals surface area contributed by atoms with Crippen LogP contribution in [-0.4, -0.2) is 61.0 Å². The number of rotatable bonds is 5. The van der Waals surface area contributed by atoms with Crippen LogP contribution in [0, 0.1) is 5.92 Å². The summed E-state index contributed by atoms with van der Waals surface area (Å²) >= 11 is 0. The number of piperidine rings is 1. The van der Waals surface area contributed by atoms with Crippen LogP contribution < -0.4 is 5.32 Å². The summed E-state index contributed by atoms with van der Waals surface area (Å²) in [6.45, 7) is 6.42. The molecule has 0 radical (unpaired) electrons. The van der Waals surface area contributed by atoms with E-state index in [1.807, 2.05) is 20.8 Å². The standard InChI is InChI=1S/C21H36N2O6/c1-21(2,3)29-20(26)23-12-10-16(11-13-23)28-19(25)22-17(18(24)27-4)14-15-8-6-5-7-9-15/h15-17H,5-14H2,1-4H3,(H,22,25)/t17-/m0/s1. The van der Waals surface area contributed by atoms with Gasteiger partial charge in [0.25, 0.3) is 0 Å². The zero-order valence-electron chi connectivity index (χ0n) is 18.2. The highest BCUT2D eigenvalue weighted by Crippen LogP contribution is 2.27. The maximum absolute atomic E-state index is 12.3. The Balaban J connectivity index is 1.78. The Kier molecular flexibility index (Phi) is 8.59. The fourth-order valence-electron chi connectivity index (χ4n) is 3.92. The van der Waals surface area contributed by atoms with Crippen LogP contribution in [0.4, 0.5) is 9.59 Å². The predicted octanol–water partition coefficient (Wildman–Crippen LogP) is 3.62. The van der Waals surface area contributed by atoms with E-state index >= 15 is 0 Å². The van der Waals surface area contributed by atoms with Crippen molar-refractivity contribution in [1.82, 2.24) is 10.2 Å². The first kappa shape index (κ1) is 23.3. The summed E-state index contributed by atoms with van der Waals surface area (Å²) in [6, 6.07) is -0.683. The van der Waals surface area contributed by atoms with E-state index in [4.69, 9.17) is 14.2 Å². The van der Waals surface area contributed by atoms with Gasteiger partial charge in [0.1, 0.15) is 17.7 Å². The van der Waals surface area contributed by atoms with Gasteiger partial charge < -0.3 is 24.4 Å². The van der Waals surface area contributed by atoms with E-state index in [0.29, 0.717) is 38.3 Å². The lowest BCUT2D eigenvalue weighted by molar-refractivity contribution is -0.143. The average Bonchev–Trinajstić information content (AvgIpc) is 2.67. The lowest BCUT2D eigenvalue weighted by atomic mass is 9.85. The van der Waals surface area contributed by atoms with Crippen molar-refractivity contribution in [2.24, 2.45) is 5.92 Å². The van der Waals surface area contributed by atoms with Gasteiger partial charge in [0.2, 0.25) is 0 Å². The van der Waals surface area contributed by atoms with E-state index in [1.165, 1.54) is 26.4 Å². The van der Waals surface area contributed by atoms with Crippen LogP contribution in [0.3, 0.4) is 0 Å². The molecule has 0 unspecified atom stereocenters. The molecule has 0 aromatic heterocycles. The number of amides is 2. The fraction of sp³-hybridized carbons (Fsp3) is 0.857. The van der Waals surface area contributed by atoms with Gasteiger partial charge in [-0.15, -0.1) is 0 Å². The van der Waals surface area contributed by atoms with E-state index in [0.717, 1.165) is 12.8 Å². The largest absolute Gasteiger partial charge is 0.467 e. The summed E-state index contributed by atoms with van der Waals surface area (Å²) in [5.41, 5.74) is -0.536. The zero-order chi connectivity index (χ0) is 21.4. The molecule has 1 atom stereocenters. The number of nitrogens with one attached hydrogen (secondary N) is 1. The Hall–Kier alpha value is -1.99. The van der Waals surface area contributed by atoms with Crippen molar-refractivity contribution in [3.05, 3.63) is 0 Å². The monoisotopic (exact) mass is 412 g/mol. The minimum absolute atomic E-state index is 0.290. The molecular formula is C21H36N2O6. The number of hydrogen-bond donors (Lipinski definition) is 1. The third-order valence-electron chi connectivity index (χ3n) is 5.44. The molecule has 2 rings (SSSR count). The predicted molar refractivity (Wildman–Crippen MR) is 107 cm³/mol. The van der Waals surface area contributed by atoms with Crippen molar-refractivity contribution in [2.45, 2.75) is 89.9 Å². The Labute approximate surface area is 173 Å². The number of hydrogen-bond acceptors (Lipinski definition) is 6. The summed E-state index contributed by atoms with van der Waals surface area (Å²) in [5.74, 6) is -0.0162. The van der Waals surface area contributed by atoms with Crippen LogP contribution in [0.2, 0.25) is 0 Å². The lowest BCUT2D eigenvalue weighted by Gasteiger charge is -2.33. The molecule has 1 aliphatic carbocycles. The van der Waals surface area contributed by atoms with Gasteiger partial charge in [-0.05, 0) is 33.1 Å². The molecule has 1 aliphatic heterocycles. The van der Waals surface area contributed by atoms with Gasteiger partial charge in [0.05, 0.1) is 7.11 Å². The maximum Gasteiger partial charge on any atom is 0.410 e. The molecule has 0 bridgehead atoms. The van der Waals surface area contributed by atoms with Crippen LogP contribution >= 0.6 is 0 Å². The smallest absolute Gasteiger partial charge is 0.410 e. The van der Waals surface area contributed by atoms with E-state index in [-0.39, 0.29) is 12.2 Å². The van der Waals surface area contributed by atoms with Crippen molar-refractivity contribution < 1.29 is 28.6 Å². The summed E-state index contributed by atoms with van der Waals surface area (Å²) in [5, 5.41) is 2.69. The molecule has 0 aromatic carbocycles. The summed E-state index contributed by atoms with van der Waals surface area (Å²) in [7, 11) is 1.33. The second-order valence-electron chi connectivity index (χ2n) is 9.03. The normalized spacial score (nSPS) is 19.9. The Morgan fingerprint density at radius 1 is 1.03 bits per heavy atom. The molecule has 1 N–H and O–H groups in total. The third kappa shape index (κ3) is 8.11. The van der Waals surface area contributed by atoms with Gasteiger partial charge >= 0.3 is 18.2 Å². The van der Waals surface area contributed by atoms with Crippen LogP contribution in [0.1, 0.15) is 72.1 Å². The molecule has 29 heavy (non-hydrogen) atoms. The average molecular weight is 413 g/mol. The molecule has 1 saturated heterocycles. The molecule has 2 fully saturated rings. The van der Waals surface area contributed by atoms with Gasteiger partial charge in [0.15, 0.2) is 0 Å². The van der Waals surface area contributed by atoms with Crippen molar-refractivity contribution in [2.75, 3.05) is 20.2 Å². The highest BCUT2D eigenvalue weighted by atomic mass is 16.6. The third-order valence-corrected chi connectivity index (χ3v) is 5.44. The van der Waals surface area contributed by atoms with Gasteiger partial charge in [-0.3, -0.25) is 0 Å². The molecule has 166 valence electrons. The molecular weight excluding hydrogens is 376 g/mol.